The Labute approximate surface area is 100 Å². The molecule has 1 aliphatic rings. The Morgan fingerprint density at radius 1 is 1.82 bits per heavy atom. The quantitative estimate of drug-likeness (QED) is 0.736. The van der Waals surface area contributed by atoms with Crippen LogP contribution in [-0.4, -0.2) is 34.9 Å². The van der Waals surface area contributed by atoms with Crippen molar-refractivity contribution in [1.82, 2.24) is 15.1 Å². The van der Waals surface area contributed by atoms with Gasteiger partial charge in [-0.1, -0.05) is 0 Å². The normalized spacial score (nSPS) is 28.3. The molecule has 2 unspecified atom stereocenters. The molecule has 0 spiro atoms. The van der Waals surface area contributed by atoms with Gasteiger partial charge in [0.2, 0.25) is 5.91 Å². The molecule has 1 aromatic heterocycles. The van der Waals surface area contributed by atoms with E-state index in [0.29, 0.717) is 19.8 Å². The Morgan fingerprint density at radius 2 is 2.59 bits per heavy atom. The van der Waals surface area contributed by atoms with Crippen LogP contribution in [0.1, 0.15) is 12.5 Å². The van der Waals surface area contributed by atoms with Crippen molar-refractivity contribution in [1.29, 1.82) is 0 Å². The number of carbonyl (C=O) groups excluding carboxylic acids is 1. The molecule has 94 valence electrons. The van der Waals surface area contributed by atoms with Crippen molar-refractivity contribution in [2.75, 3.05) is 13.2 Å². The Morgan fingerprint density at radius 3 is 3.12 bits per heavy atom. The third kappa shape index (κ3) is 2.32. The van der Waals surface area contributed by atoms with Gasteiger partial charge in [-0.05, 0) is 6.92 Å². The number of ether oxygens (including phenoxy) is 1. The van der Waals surface area contributed by atoms with Gasteiger partial charge >= 0.3 is 0 Å². The van der Waals surface area contributed by atoms with Gasteiger partial charge in [0.15, 0.2) is 0 Å². The molecule has 0 bridgehead atoms. The second-order valence-corrected chi connectivity index (χ2v) is 4.74. The molecule has 1 saturated heterocycles. The highest BCUT2D eigenvalue weighted by Gasteiger charge is 2.44. The van der Waals surface area contributed by atoms with Crippen LogP contribution >= 0.6 is 0 Å². The third-order valence-corrected chi connectivity index (χ3v) is 3.25. The highest BCUT2D eigenvalue weighted by Crippen LogP contribution is 2.27. The zero-order chi connectivity index (χ0) is 12.5. The Bertz CT molecular complexity index is 417. The highest BCUT2D eigenvalue weighted by molar-refractivity contribution is 5.83. The van der Waals surface area contributed by atoms with Crippen LogP contribution in [0.25, 0.3) is 0 Å². The van der Waals surface area contributed by atoms with Crippen LogP contribution in [0.5, 0.6) is 0 Å². The molecule has 1 aliphatic heterocycles. The van der Waals surface area contributed by atoms with E-state index in [9.17, 15) is 4.79 Å². The van der Waals surface area contributed by atoms with Gasteiger partial charge in [-0.25, -0.2) is 0 Å². The maximum atomic E-state index is 12.1. The van der Waals surface area contributed by atoms with E-state index in [-0.39, 0.29) is 11.9 Å². The average Bonchev–Trinajstić information content (AvgIpc) is 2.84. The molecule has 17 heavy (non-hydrogen) atoms. The number of rotatable bonds is 3. The van der Waals surface area contributed by atoms with Crippen LogP contribution in [0.3, 0.4) is 0 Å². The zero-order valence-electron chi connectivity index (χ0n) is 10.1. The topological polar surface area (TPSA) is 82.2 Å². The molecular formula is C11H18N4O2. The Hall–Kier alpha value is -1.40. The van der Waals surface area contributed by atoms with Crippen LogP contribution < -0.4 is 11.1 Å². The summed E-state index contributed by atoms with van der Waals surface area (Å²) in [6.45, 7) is 3.13. The molecule has 2 rings (SSSR count). The molecule has 1 fully saturated rings. The summed E-state index contributed by atoms with van der Waals surface area (Å²) in [5.41, 5.74) is 6.23. The molecule has 2 atom stereocenters. The molecule has 0 radical (unpaired) electrons. The molecule has 6 nitrogen and oxygen atoms in total. The molecule has 3 N–H and O–H groups in total. The number of hydrogen-bond acceptors (Lipinski definition) is 4. The van der Waals surface area contributed by atoms with Gasteiger partial charge in [-0.2, -0.15) is 5.10 Å². The van der Waals surface area contributed by atoms with Crippen molar-refractivity contribution in [2.45, 2.75) is 19.5 Å². The van der Waals surface area contributed by atoms with E-state index in [1.54, 1.807) is 10.9 Å². The monoisotopic (exact) mass is 238 g/mol. The third-order valence-electron chi connectivity index (χ3n) is 3.25. The lowest BCUT2D eigenvalue weighted by molar-refractivity contribution is -0.130. The van der Waals surface area contributed by atoms with Gasteiger partial charge in [-0.3, -0.25) is 9.48 Å². The minimum Gasteiger partial charge on any atom is -0.379 e. The molecular weight excluding hydrogens is 220 g/mol. The maximum absolute atomic E-state index is 12.1. The van der Waals surface area contributed by atoms with Gasteiger partial charge in [-0.15, -0.1) is 0 Å². The first-order chi connectivity index (χ1) is 8.02. The maximum Gasteiger partial charge on any atom is 0.230 e. The van der Waals surface area contributed by atoms with Crippen LogP contribution in [0.2, 0.25) is 0 Å². The number of nitrogens with one attached hydrogen (secondary N) is 1. The van der Waals surface area contributed by atoms with Crippen molar-refractivity contribution in [2.24, 2.45) is 18.2 Å². The van der Waals surface area contributed by atoms with E-state index in [0.717, 1.165) is 5.56 Å². The number of carbonyl (C=O) groups is 1. The van der Waals surface area contributed by atoms with Gasteiger partial charge in [0.25, 0.3) is 0 Å². The first-order valence-electron chi connectivity index (χ1n) is 5.61. The Kier molecular flexibility index (Phi) is 3.17. The molecule has 0 saturated carbocycles. The van der Waals surface area contributed by atoms with E-state index < -0.39 is 5.41 Å². The van der Waals surface area contributed by atoms with E-state index in [4.69, 9.17) is 10.5 Å². The largest absolute Gasteiger partial charge is 0.379 e. The number of nitrogens with zero attached hydrogens (tertiary/aromatic N) is 2. The second kappa shape index (κ2) is 4.46. The van der Waals surface area contributed by atoms with Crippen molar-refractivity contribution < 1.29 is 9.53 Å². The summed E-state index contributed by atoms with van der Waals surface area (Å²) in [4.78, 5) is 12.1. The lowest BCUT2D eigenvalue weighted by Gasteiger charge is -2.25. The predicted molar refractivity (Wildman–Crippen MR) is 62.0 cm³/mol. The molecule has 1 aromatic rings. The number of nitrogens with two attached hydrogens (primary N) is 1. The number of amides is 1. The van der Waals surface area contributed by atoms with Crippen molar-refractivity contribution >= 4 is 5.91 Å². The summed E-state index contributed by atoms with van der Waals surface area (Å²) in [6.07, 6.45) is 3.60. The minimum absolute atomic E-state index is 0.0636. The van der Waals surface area contributed by atoms with Gasteiger partial charge in [0.05, 0.1) is 24.8 Å². The summed E-state index contributed by atoms with van der Waals surface area (Å²) < 4.78 is 6.95. The molecule has 0 aromatic carbocycles. The van der Waals surface area contributed by atoms with Crippen LogP contribution in [-0.2, 0) is 23.1 Å². The van der Waals surface area contributed by atoms with Crippen LogP contribution in [0, 0.1) is 5.41 Å². The van der Waals surface area contributed by atoms with Crippen molar-refractivity contribution in [3.05, 3.63) is 18.0 Å². The first-order valence-corrected chi connectivity index (χ1v) is 5.61. The lowest BCUT2D eigenvalue weighted by atomic mass is 9.85. The summed E-state index contributed by atoms with van der Waals surface area (Å²) >= 11 is 0. The molecule has 0 aliphatic carbocycles. The van der Waals surface area contributed by atoms with E-state index >= 15 is 0 Å². The number of hydrogen-bond donors (Lipinski definition) is 2. The summed E-state index contributed by atoms with van der Waals surface area (Å²) in [5, 5.41) is 6.91. The van der Waals surface area contributed by atoms with Gasteiger partial charge < -0.3 is 15.8 Å². The number of aryl methyl sites for hydroxylation is 1. The fourth-order valence-electron chi connectivity index (χ4n) is 1.87. The van der Waals surface area contributed by atoms with Crippen LogP contribution in [0.4, 0.5) is 0 Å². The lowest BCUT2D eigenvalue weighted by Crippen LogP contribution is -2.49. The first kappa shape index (κ1) is 12.1. The Balaban J connectivity index is 1.93. The predicted octanol–water partition coefficient (Wildman–Crippen LogP) is -0.600. The average molecular weight is 238 g/mol. The highest BCUT2D eigenvalue weighted by atomic mass is 16.5. The molecule has 6 heteroatoms. The minimum atomic E-state index is -0.623. The van der Waals surface area contributed by atoms with E-state index in [1.165, 1.54) is 0 Å². The summed E-state index contributed by atoms with van der Waals surface area (Å²) in [5.74, 6) is -0.0636. The van der Waals surface area contributed by atoms with Crippen molar-refractivity contribution in [3.8, 4) is 0 Å². The van der Waals surface area contributed by atoms with Crippen molar-refractivity contribution in [3.63, 3.8) is 0 Å². The fraction of sp³-hybridized carbons (Fsp3) is 0.636. The SMILES string of the molecule is Cn1cc(CNC(=O)C2(C)COCC2N)cn1. The van der Waals surface area contributed by atoms with Gasteiger partial charge in [0, 0.05) is 31.4 Å². The van der Waals surface area contributed by atoms with Gasteiger partial charge in [0.1, 0.15) is 0 Å². The zero-order valence-corrected chi connectivity index (χ0v) is 10.1. The fourth-order valence-corrected chi connectivity index (χ4v) is 1.87. The molecule has 2 heterocycles. The van der Waals surface area contributed by atoms with E-state index in [2.05, 4.69) is 10.4 Å². The molecule has 1 amide bonds. The summed E-state index contributed by atoms with van der Waals surface area (Å²) in [7, 11) is 1.84. The second-order valence-electron chi connectivity index (χ2n) is 4.74. The summed E-state index contributed by atoms with van der Waals surface area (Å²) in [6, 6.07) is -0.239. The standard InChI is InChI=1S/C11H18N4O2/c1-11(7-17-6-9(11)12)10(16)13-3-8-4-14-15(2)5-8/h4-5,9H,3,6-7,12H2,1-2H3,(H,13,16). The number of aromatic nitrogens is 2. The smallest absolute Gasteiger partial charge is 0.230 e. The van der Waals surface area contributed by atoms with E-state index in [1.807, 2.05) is 20.2 Å². The van der Waals surface area contributed by atoms with Crippen LogP contribution in [0.15, 0.2) is 12.4 Å².